The van der Waals surface area contributed by atoms with E-state index >= 15 is 0 Å². The van der Waals surface area contributed by atoms with Crippen LogP contribution >= 0.6 is 0 Å². The molecule has 8 nitrogen and oxygen atoms in total. The van der Waals surface area contributed by atoms with Gasteiger partial charge in [-0.25, -0.2) is 19.7 Å². The summed E-state index contributed by atoms with van der Waals surface area (Å²) >= 11 is 0. The standard InChI is InChI=1S/C18H20N6O2/c1-22-15-4-3-13(17(25)26)11-14(15)21-16(22)12-23-7-9-24(10-8-23)18-19-5-2-6-20-18/h2-6,11H,7-10,12H2,1H3,(H,25,26). The normalized spacial score (nSPS) is 15.5. The topological polar surface area (TPSA) is 87.4 Å². The van der Waals surface area contributed by atoms with Crippen LogP contribution in [0.25, 0.3) is 11.0 Å². The summed E-state index contributed by atoms with van der Waals surface area (Å²) in [5, 5.41) is 9.14. The van der Waals surface area contributed by atoms with Gasteiger partial charge in [0.25, 0.3) is 0 Å². The summed E-state index contributed by atoms with van der Waals surface area (Å²) < 4.78 is 2.04. The molecule has 4 rings (SSSR count). The summed E-state index contributed by atoms with van der Waals surface area (Å²) in [7, 11) is 1.97. The zero-order valence-corrected chi connectivity index (χ0v) is 14.5. The number of piperazine rings is 1. The summed E-state index contributed by atoms with van der Waals surface area (Å²) in [4.78, 5) is 28.9. The predicted octanol–water partition coefficient (Wildman–Crippen LogP) is 1.38. The molecule has 1 aliphatic heterocycles. The van der Waals surface area contributed by atoms with Crippen molar-refractivity contribution < 1.29 is 9.90 Å². The van der Waals surface area contributed by atoms with E-state index in [-0.39, 0.29) is 5.56 Å². The molecule has 0 spiro atoms. The van der Waals surface area contributed by atoms with Crippen molar-refractivity contribution >= 4 is 23.0 Å². The lowest BCUT2D eigenvalue weighted by atomic mass is 10.2. The molecule has 0 atom stereocenters. The predicted molar refractivity (Wildman–Crippen MR) is 97.2 cm³/mol. The smallest absolute Gasteiger partial charge is 0.335 e. The molecule has 1 saturated heterocycles. The van der Waals surface area contributed by atoms with Gasteiger partial charge in [0.15, 0.2) is 0 Å². The summed E-state index contributed by atoms with van der Waals surface area (Å²) in [5.41, 5.74) is 1.93. The lowest BCUT2D eigenvalue weighted by Crippen LogP contribution is -2.46. The first-order valence-electron chi connectivity index (χ1n) is 8.55. The number of carboxylic acid groups (broad SMARTS) is 1. The molecule has 0 saturated carbocycles. The largest absolute Gasteiger partial charge is 0.478 e. The summed E-state index contributed by atoms with van der Waals surface area (Å²) in [6.07, 6.45) is 3.53. The van der Waals surface area contributed by atoms with Gasteiger partial charge in [0.1, 0.15) is 5.82 Å². The Labute approximate surface area is 150 Å². The molecule has 0 unspecified atom stereocenters. The van der Waals surface area contributed by atoms with Gasteiger partial charge in [0.05, 0.1) is 23.1 Å². The van der Waals surface area contributed by atoms with E-state index in [1.165, 1.54) is 0 Å². The molecule has 3 aromatic rings. The lowest BCUT2D eigenvalue weighted by Gasteiger charge is -2.34. The van der Waals surface area contributed by atoms with Gasteiger partial charge in [-0.3, -0.25) is 4.90 Å². The zero-order valence-electron chi connectivity index (χ0n) is 14.5. The van der Waals surface area contributed by atoms with E-state index in [0.717, 1.165) is 55.5 Å². The highest BCUT2D eigenvalue weighted by Gasteiger charge is 2.20. The fourth-order valence-corrected chi connectivity index (χ4v) is 3.28. The molecule has 26 heavy (non-hydrogen) atoms. The molecule has 3 heterocycles. The van der Waals surface area contributed by atoms with Crippen LogP contribution in [-0.4, -0.2) is 61.7 Å². The van der Waals surface area contributed by atoms with Gasteiger partial charge in [0.2, 0.25) is 5.95 Å². The van der Waals surface area contributed by atoms with Crippen molar-refractivity contribution in [2.24, 2.45) is 7.05 Å². The summed E-state index contributed by atoms with van der Waals surface area (Å²) in [6, 6.07) is 6.89. The van der Waals surface area contributed by atoms with Crippen molar-refractivity contribution in [1.29, 1.82) is 0 Å². The minimum atomic E-state index is -0.932. The van der Waals surface area contributed by atoms with Crippen LogP contribution in [0.5, 0.6) is 0 Å². The van der Waals surface area contributed by atoms with Crippen LogP contribution in [0.15, 0.2) is 36.7 Å². The molecule has 134 valence electrons. The molecule has 2 aromatic heterocycles. The van der Waals surface area contributed by atoms with Crippen molar-refractivity contribution in [2.45, 2.75) is 6.54 Å². The van der Waals surface area contributed by atoms with Gasteiger partial charge in [0, 0.05) is 45.6 Å². The molecule has 1 aromatic carbocycles. The maximum atomic E-state index is 11.1. The fourth-order valence-electron chi connectivity index (χ4n) is 3.28. The van der Waals surface area contributed by atoms with Gasteiger partial charge >= 0.3 is 5.97 Å². The molecule has 1 aliphatic rings. The van der Waals surface area contributed by atoms with E-state index in [1.54, 1.807) is 24.5 Å². The monoisotopic (exact) mass is 352 g/mol. The average Bonchev–Trinajstić information content (AvgIpc) is 2.98. The lowest BCUT2D eigenvalue weighted by molar-refractivity contribution is 0.0697. The van der Waals surface area contributed by atoms with E-state index in [4.69, 9.17) is 5.11 Å². The van der Waals surface area contributed by atoms with Crippen LogP contribution in [0, 0.1) is 0 Å². The van der Waals surface area contributed by atoms with Crippen LogP contribution in [0.1, 0.15) is 16.2 Å². The van der Waals surface area contributed by atoms with E-state index in [1.807, 2.05) is 23.7 Å². The van der Waals surface area contributed by atoms with Crippen molar-refractivity contribution in [2.75, 3.05) is 31.1 Å². The second-order valence-electron chi connectivity index (χ2n) is 6.41. The summed E-state index contributed by atoms with van der Waals surface area (Å²) in [5.74, 6) is 0.779. The molecule has 0 bridgehead atoms. The maximum absolute atomic E-state index is 11.1. The molecule has 8 heteroatoms. The number of carboxylic acids is 1. The van der Waals surface area contributed by atoms with Gasteiger partial charge < -0.3 is 14.6 Å². The second-order valence-corrected chi connectivity index (χ2v) is 6.41. The number of hydrogen-bond donors (Lipinski definition) is 1. The molecule has 0 radical (unpaired) electrons. The first kappa shape index (κ1) is 16.5. The van der Waals surface area contributed by atoms with E-state index in [0.29, 0.717) is 0 Å². The SMILES string of the molecule is Cn1c(CN2CCN(c3ncccn3)CC2)nc2cc(C(=O)O)ccc21. The quantitative estimate of drug-likeness (QED) is 0.759. The Kier molecular flexibility index (Phi) is 4.26. The third-order valence-electron chi connectivity index (χ3n) is 4.79. The van der Waals surface area contributed by atoms with E-state index in [9.17, 15) is 4.79 Å². The number of imidazole rings is 1. The minimum Gasteiger partial charge on any atom is -0.478 e. The number of nitrogens with zero attached hydrogens (tertiary/aromatic N) is 6. The van der Waals surface area contributed by atoms with Crippen molar-refractivity contribution in [3.63, 3.8) is 0 Å². The number of carbonyl (C=O) groups is 1. The van der Waals surface area contributed by atoms with Gasteiger partial charge in [-0.05, 0) is 24.3 Å². The Morgan fingerprint density at radius 2 is 1.88 bits per heavy atom. The van der Waals surface area contributed by atoms with Crippen molar-refractivity contribution in [1.82, 2.24) is 24.4 Å². The van der Waals surface area contributed by atoms with Gasteiger partial charge in [-0.1, -0.05) is 0 Å². The van der Waals surface area contributed by atoms with Crippen LogP contribution in [-0.2, 0) is 13.6 Å². The zero-order chi connectivity index (χ0) is 18.1. The third-order valence-corrected chi connectivity index (χ3v) is 4.79. The maximum Gasteiger partial charge on any atom is 0.335 e. The Morgan fingerprint density at radius 3 is 2.58 bits per heavy atom. The number of rotatable bonds is 4. The number of hydrogen-bond acceptors (Lipinski definition) is 6. The van der Waals surface area contributed by atoms with Crippen LogP contribution in [0.2, 0.25) is 0 Å². The molecular weight excluding hydrogens is 332 g/mol. The Hall–Kier alpha value is -3.00. The van der Waals surface area contributed by atoms with Crippen LogP contribution in [0.3, 0.4) is 0 Å². The fraction of sp³-hybridized carbons (Fsp3) is 0.333. The molecule has 0 amide bonds. The van der Waals surface area contributed by atoms with Crippen LogP contribution in [0.4, 0.5) is 5.95 Å². The number of aromatic nitrogens is 4. The van der Waals surface area contributed by atoms with E-state index < -0.39 is 5.97 Å². The van der Waals surface area contributed by atoms with Crippen molar-refractivity contribution in [3.8, 4) is 0 Å². The molecule has 1 N–H and O–H groups in total. The van der Waals surface area contributed by atoms with E-state index in [2.05, 4.69) is 24.8 Å². The summed E-state index contributed by atoms with van der Waals surface area (Å²) in [6.45, 7) is 4.29. The number of benzene rings is 1. The van der Waals surface area contributed by atoms with Gasteiger partial charge in [-0.2, -0.15) is 0 Å². The second kappa shape index (κ2) is 6.72. The average molecular weight is 352 g/mol. The number of anilines is 1. The number of fused-ring (bicyclic) bond motifs is 1. The Morgan fingerprint density at radius 1 is 1.15 bits per heavy atom. The Bertz CT molecular complexity index is 932. The highest BCUT2D eigenvalue weighted by atomic mass is 16.4. The number of aryl methyl sites for hydroxylation is 1. The number of aromatic carboxylic acids is 1. The van der Waals surface area contributed by atoms with Crippen molar-refractivity contribution in [3.05, 3.63) is 48.0 Å². The minimum absolute atomic E-state index is 0.263. The Balaban J connectivity index is 1.46. The highest BCUT2D eigenvalue weighted by Crippen LogP contribution is 2.19. The third kappa shape index (κ3) is 3.11. The first-order chi connectivity index (χ1) is 12.6. The molecule has 0 aliphatic carbocycles. The first-order valence-corrected chi connectivity index (χ1v) is 8.55. The molecule has 1 fully saturated rings. The molecular formula is C18H20N6O2. The highest BCUT2D eigenvalue weighted by molar-refractivity contribution is 5.92. The van der Waals surface area contributed by atoms with Gasteiger partial charge in [-0.15, -0.1) is 0 Å². The van der Waals surface area contributed by atoms with Crippen LogP contribution < -0.4 is 4.90 Å².